The molecule has 0 heterocycles. The van der Waals surface area contributed by atoms with Crippen LogP contribution in [0.3, 0.4) is 0 Å². The van der Waals surface area contributed by atoms with E-state index in [4.69, 9.17) is 0 Å². The van der Waals surface area contributed by atoms with Crippen LogP contribution in [0.5, 0.6) is 0 Å². The lowest BCUT2D eigenvalue weighted by molar-refractivity contribution is -0.137. The minimum atomic E-state index is -4.26. The van der Waals surface area contributed by atoms with Crippen LogP contribution in [0.25, 0.3) is 0 Å². The fourth-order valence-electron chi connectivity index (χ4n) is 2.45. The predicted octanol–water partition coefficient (Wildman–Crippen LogP) is 5.18. The van der Waals surface area contributed by atoms with Gasteiger partial charge < -0.3 is 5.32 Å². The molecule has 1 aromatic carbocycles. The Morgan fingerprint density at radius 1 is 1.05 bits per heavy atom. The van der Waals surface area contributed by atoms with E-state index in [0.717, 1.165) is 31.4 Å². The number of hydrogen-bond donors (Lipinski definition) is 1. The van der Waals surface area contributed by atoms with Gasteiger partial charge in [0.05, 0.1) is 5.56 Å². The van der Waals surface area contributed by atoms with Crippen LogP contribution in [-0.4, -0.2) is 6.54 Å². The van der Waals surface area contributed by atoms with Crippen molar-refractivity contribution in [3.63, 3.8) is 0 Å². The number of hydrogen-bond acceptors (Lipinski definition) is 1. The summed E-state index contributed by atoms with van der Waals surface area (Å²) in [5.41, 5.74) is 0.353. The zero-order chi connectivity index (χ0) is 15.2. The maximum Gasteiger partial charge on any atom is 0.416 e. The van der Waals surface area contributed by atoms with Gasteiger partial charge in [0, 0.05) is 6.04 Å². The van der Waals surface area contributed by atoms with Crippen LogP contribution in [0.2, 0.25) is 0 Å². The third-order valence-corrected chi connectivity index (χ3v) is 3.52. The van der Waals surface area contributed by atoms with Gasteiger partial charge in [-0.1, -0.05) is 39.3 Å². The zero-order valence-electron chi connectivity index (χ0n) is 12.4. The first kappa shape index (κ1) is 17.0. The lowest BCUT2D eigenvalue weighted by atomic mass is 9.90. The Hall–Kier alpha value is -1.03. The van der Waals surface area contributed by atoms with Gasteiger partial charge in [-0.3, -0.25) is 0 Å². The summed E-state index contributed by atoms with van der Waals surface area (Å²) in [7, 11) is 0. The van der Waals surface area contributed by atoms with Crippen molar-refractivity contribution in [2.45, 2.75) is 52.3 Å². The highest BCUT2D eigenvalue weighted by molar-refractivity contribution is 5.27. The number of alkyl halides is 3. The first-order valence-electron chi connectivity index (χ1n) is 7.30. The number of halogens is 3. The molecule has 20 heavy (non-hydrogen) atoms. The van der Waals surface area contributed by atoms with E-state index in [2.05, 4.69) is 26.1 Å². The molecule has 1 N–H and O–H groups in total. The molecular weight excluding hydrogens is 263 g/mol. The van der Waals surface area contributed by atoms with Gasteiger partial charge in [0.2, 0.25) is 0 Å². The summed E-state index contributed by atoms with van der Waals surface area (Å²) in [6, 6.07) is 5.67. The minimum Gasteiger partial charge on any atom is -0.310 e. The molecule has 0 spiro atoms. The molecule has 0 aliphatic heterocycles. The molecule has 0 aromatic heterocycles. The monoisotopic (exact) mass is 287 g/mol. The molecule has 0 aliphatic rings. The van der Waals surface area contributed by atoms with Crippen molar-refractivity contribution in [1.82, 2.24) is 5.32 Å². The van der Waals surface area contributed by atoms with Crippen LogP contribution in [0.15, 0.2) is 24.3 Å². The van der Waals surface area contributed by atoms with Crippen LogP contribution in [-0.2, 0) is 6.18 Å². The molecular formula is C16H24F3N. The summed E-state index contributed by atoms with van der Waals surface area (Å²) in [4.78, 5) is 0. The molecule has 0 saturated heterocycles. The molecule has 0 radical (unpaired) electrons. The third-order valence-electron chi connectivity index (χ3n) is 3.52. The summed E-state index contributed by atoms with van der Waals surface area (Å²) >= 11 is 0. The fourth-order valence-corrected chi connectivity index (χ4v) is 2.45. The van der Waals surface area contributed by atoms with Crippen LogP contribution in [0.4, 0.5) is 13.2 Å². The summed E-state index contributed by atoms with van der Waals surface area (Å²) in [6.45, 7) is 7.23. The van der Waals surface area contributed by atoms with E-state index in [-0.39, 0.29) is 6.04 Å². The molecule has 4 heteroatoms. The summed E-state index contributed by atoms with van der Waals surface area (Å²) in [5, 5.41) is 3.45. The van der Waals surface area contributed by atoms with Gasteiger partial charge in [0.1, 0.15) is 0 Å². The second-order valence-corrected chi connectivity index (χ2v) is 5.32. The zero-order valence-corrected chi connectivity index (χ0v) is 12.4. The van der Waals surface area contributed by atoms with Crippen LogP contribution >= 0.6 is 0 Å². The van der Waals surface area contributed by atoms with Crippen molar-refractivity contribution >= 4 is 0 Å². The Balaban J connectivity index is 2.90. The summed E-state index contributed by atoms with van der Waals surface area (Å²) in [5.74, 6) is 0.406. The Labute approximate surface area is 119 Å². The lowest BCUT2D eigenvalue weighted by Gasteiger charge is -2.26. The molecule has 1 nitrogen and oxygen atoms in total. The van der Waals surface area contributed by atoms with Gasteiger partial charge in [0.15, 0.2) is 0 Å². The highest BCUT2D eigenvalue weighted by Gasteiger charge is 2.30. The quantitative estimate of drug-likeness (QED) is 0.728. The van der Waals surface area contributed by atoms with Crippen LogP contribution in [0.1, 0.15) is 57.2 Å². The number of nitrogens with one attached hydrogen (secondary N) is 1. The van der Waals surface area contributed by atoms with E-state index in [1.807, 2.05) is 0 Å². The standard InChI is InChI=1S/C16H24F3N/c1-4-6-12(3)15(20-11-5-2)13-7-9-14(10-8-13)16(17,18)19/h7-10,12,15,20H,4-6,11H2,1-3H3. The Bertz CT molecular complexity index is 384. The lowest BCUT2D eigenvalue weighted by Crippen LogP contribution is -2.27. The molecule has 1 aromatic rings. The maximum atomic E-state index is 12.6. The molecule has 2 atom stereocenters. The molecule has 0 saturated carbocycles. The Morgan fingerprint density at radius 2 is 1.65 bits per heavy atom. The first-order valence-corrected chi connectivity index (χ1v) is 7.30. The van der Waals surface area contributed by atoms with Gasteiger partial charge in [-0.2, -0.15) is 13.2 Å². The smallest absolute Gasteiger partial charge is 0.310 e. The first-order chi connectivity index (χ1) is 9.40. The largest absolute Gasteiger partial charge is 0.416 e. The highest BCUT2D eigenvalue weighted by Crippen LogP contribution is 2.31. The van der Waals surface area contributed by atoms with E-state index >= 15 is 0 Å². The molecule has 0 amide bonds. The summed E-state index contributed by atoms with van der Waals surface area (Å²) in [6.07, 6.45) is -1.12. The normalized spacial score (nSPS) is 15.1. The van der Waals surface area contributed by atoms with E-state index in [1.165, 1.54) is 12.1 Å². The molecule has 0 bridgehead atoms. The fraction of sp³-hybridized carbons (Fsp3) is 0.625. The predicted molar refractivity (Wildman–Crippen MR) is 76.6 cm³/mol. The van der Waals surface area contributed by atoms with Crippen LogP contribution in [0, 0.1) is 5.92 Å². The van der Waals surface area contributed by atoms with Gasteiger partial charge in [-0.05, 0) is 43.0 Å². The molecule has 0 fully saturated rings. The van der Waals surface area contributed by atoms with Gasteiger partial charge >= 0.3 is 6.18 Å². The van der Waals surface area contributed by atoms with E-state index in [1.54, 1.807) is 12.1 Å². The molecule has 1 rings (SSSR count). The van der Waals surface area contributed by atoms with Crippen molar-refractivity contribution in [3.8, 4) is 0 Å². The van der Waals surface area contributed by atoms with Crippen molar-refractivity contribution in [1.29, 1.82) is 0 Å². The van der Waals surface area contributed by atoms with E-state index < -0.39 is 11.7 Å². The van der Waals surface area contributed by atoms with Crippen molar-refractivity contribution in [2.75, 3.05) is 6.54 Å². The van der Waals surface area contributed by atoms with E-state index in [0.29, 0.717) is 5.92 Å². The average Bonchev–Trinajstić information content (AvgIpc) is 2.39. The topological polar surface area (TPSA) is 12.0 Å². The van der Waals surface area contributed by atoms with Gasteiger partial charge in [0.25, 0.3) is 0 Å². The average molecular weight is 287 g/mol. The van der Waals surface area contributed by atoms with Crippen molar-refractivity contribution in [3.05, 3.63) is 35.4 Å². The van der Waals surface area contributed by atoms with E-state index in [9.17, 15) is 13.2 Å². The van der Waals surface area contributed by atoms with Crippen LogP contribution < -0.4 is 5.32 Å². The second-order valence-electron chi connectivity index (χ2n) is 5.32. The molecule has 114 valence electrons. The van der Waals surface area contributed by atoms with Gasteiger partial charge in [-0.15, -0.1) is 0 Å². The van der Waals surface area contributed by atoms with Crippen molar-refractivity contribution in [2.24, 2.45) is 5.92 Å². The highest BCUT2D eigenvalue weighted by atomic mass is 19.4. The third kappa shape index (κ3) is 4.82. The number of rotatable bonds is 7. The van der Waals surface area contributed by atoms with Crippen molar-refractivity contribution < 1.29 is 13.2 Å². The molecule has 0 aliphatic carbocycles. The Kier molecular flexibility index (Phi) is 6.53. The molecule has 2 unspecified atom stereocenters. The minimum absolute atomic E-state index is 0.122. The Morgan fingerprint density at radius 3 is 2.10 bits per heavy atom. The summed E-state index contributed by atoms with van der Waals surface area (Å²) < 4.78 is 37.8. The maximum absolute atomic E-state index is 12.6. The van der Waals surface area contributed by atoms with Gasteiger partial charge in [-0.25, -0.2) is 0 Å². The second kappa shape index (κ2) is 7.67. The number of benzene rings is 1. The SMILES string of the molecule is CCCNC(c1ccc(C(F)(F)F)cc1)C(C)CCC.